The van der Waals surface area contributed by atoms with Gasteiger partial charge in [0.2, 0.25) is 0 Å². The van der Waals surface area contributed by atoms with E-state index in [2.05, 4.69) is 26.1 Å². The van der Waals surface area contributed by atoms with E-state index in [9.17, 15) is 0 Å². The van der Waals surface area contributed by atoms with E-state index in [4.69, 9.17) is 11.6 Å². The molecule has 0 aromatic carbocycles. The third kappa shape index (κ3) is 6.93. The third-order valence-electron chi connectivity index (χ3n) is 2.02. The Labute approximate surface area is 81.9 Å². The number of rotatable bonds is 7. The van der Waals surface area contributed by atoms with E-state index < -0.39 is 0 Å². The zero-order valence-corrected chi connectivity index (χ0v) is 9.32. The van der Waals surface area contributed by atoms with Crippen molar-refractivity contribution in [3.63, 3.8) is 0 Å². The summed E-state index contributed by atoms with van der Waals surface area (Å²) in [7, 11) is 0. The van der Waals surface area contributed by atoms with Crippen molar-refractivity contribution >= 4 is 11.6 Å². The van der Waals surface area contributed by atoms with Crippen molar-refractivity contribution in [2.45, 2.75) is 45.4 Å². The Hall–Kier alpha value is 0.250. The number of alkyl halides is 1. The lowest BCUT2D eigenvalue weighted by molar-refractivity contribution is 0.533. The van der Waals surface area contributed by atoms with Crippen LogP contribution < -0.4 is 5.32 Å². The van der Waals surface area contributed by atoms with Crippen molar-refractivity contribution in [1.82, 2.24) is 5.32 Å². The molecule has 0 saturated carbocycles. The minimum absolute atomic E-state index is 0.284. The van der Waals surface area contributed by atoms with E-state index >= 15 is 0 Å². The van der Waals surface area contributed by atoms with Crippen LogP contribution in [0.3, 0.4) is 0 Å². The van der Waals surface area contributed by atoms with Crippen LogP contribution in [0.15, 0.2) is 0 Å². The van der Waals surface area contributed by atoms with Crippen molar-refractivity contribution in [2.24, 2.45) is 5.92 Å². The predicted octanol–water partition coefficient (Wildman–Crippen LogP) is 3.03. The Bertz CT molecular complexity index is 93.8. The molecule has 0 fully saturated rings. The molecule has 0 aliphatic rings. The first-order valence-corrected chi connectivity index (χ1v) is 5.47. The summed E-state index contributed by atoms with van der Waals surface area (Å²) in [4.78, 5) is 0. The molecule has 1 N–H and O–H groups in total. The highest BCUT2D eigenvalue weighted by Crippen LogP contribution is 2.07. The largest absolute Gasteiger partial charge is 0.315 e. The highest BCUT2D eigenvalue weighted by Gasteiger charge is 2.07. The standard InChI is InChI=1S/C10H22ClN/c1-4-5-6-7-12-8-10(11)9(2)3/h9-10,12H,4-8H2,1-3H3. The fourth-order valence-electron chi connectivity index (χ4n) is 0.976. The fraction of sp³-hybridized carbons (Fsp3) is 1.00. The van der Waals surface area contributed by atoms with Crippen LogP contribution in [0.5, 0.6) is 0 Å². The van der Waals surface area contributed by atoms with Crippen molar-refractivity contribution in [3.8, 4) is 0 Å². The van der Waals surface area contributed by atoms with Gasteiger partial charge >= 0.3 is 0 Å². The maximum Gasteiger partial charge on any atom is 0.0483 e. The Morgan fingerprint density at radius 3 is 2.42 bits per heavy atom. The molecule has 1 unspecified atom stereocenters. The summed E-state index contributed by atoms with van der Waals surface area (Å²) in [6.45, 7) is 8.60. The van der Waals surface area contributed by atoms with Gasteiger partial charge in [-0.05, 0) is 18.9 Å². The highest BCUT2D eigenvalue weighted by molar-refractivity contribution is 6.20. The summed E-state index contributed by atoms with van der Waals surface area (Å²) in [5, 5.41) is 3.65. The fourth-order valence-corrected chi connectivity index (χ4v) is 1.08. The predicted molar refractivity (Wildman–Crippen MR) is 56.9 cm³/mol. The third-order valence-corrected chi connectivity index (χ3v) is 2.68. The van der Waals surface area contributed by atoms with Crippen LogP contribution in [0, 0.1) is 5.92 Å². The molecule has 0 saturated heterocycles. The summed E-state index contributed by atoms with van der Waals surface area (Å²) >= 11 is 6.07. The van der Waals surface area contributed by atoms with E-state index in [1.165, 1.54) is 19.3 Å². The minimum Gasteiger partial charge on any atom is -0.315 e. The van der Waals surface area contributed by atoms with Gasteiger partial charge in [0.15, 0.2) is 0 Å². The van der Waals surface area contributed by atoms with Gasteiger partial charge in [-0.1, -0.05) is 33.6 Å². The molecule has 0 aliphatic heterocycles. The molecule has 0 radical (unpaired) electrons. The van der Waals surface area contributed by atoms with Crippen LogP contribution in [0.25, 0.3) is 0 Å². The Morgan fingerprint density at radius 1 is 1.25 bits per heavy atom. The van der Waals surface area contributed by atoms with Crippen LogP contribution in [-0.2, 0) is 0 Å². The molecule has 0 aromatic rings. The normalized spacial score (nSPS) is 13.8. The average Bonchev–Trinajstić information content (AvgIpc) is 2.03. The van der Waals surface area contributed by atoms with E-state index in [0.717, 1.165) is 13.1 Å². The van der Waals surface area contributed by atoms with E-state index in [1.54, 1.807) is 0 Å². The average molecular weight is 192 g/mol. The maximum atomic E-state index is 6.07. The van der Waals surface area contributed by atoms with Gasteiger partial charge in [0.25, 0.3) is 0 Å². The van der Waals surface area contributed by atoms with Crippen molar-refractivity contribution < 1.29 is 0 Å². The molecule has 0 amide bonds. The molecule has 2 heteroatoms. The smallest absolute Gasteiger partial charge is 0.0483 e. The molecule has 74 valence electrons. The zero-order valence-electron chi connectivity index (χ0n) is 8.57. The molecule has 12 heavy (non-hydrogen) atoms. The molecule has 0 aromatic heterocycles. The van der Waals surface area contributed by atoms with Gasteiger partial charge < -0.3 is 5.32 Å². The van der Waals surface area contributed by atoms with Crippen molar-refractivity contribution in [1.29, 1.82) is 0 Å². The van der Waals surface area contributed by atoms with Crippen LogP contribution in [0.1, 0.15) is 40.0 Å². The summed E-state index contributed by atoms with van der Waals surface area (Å²) in [5.74, 6) is 0.574. The van der Waals surface area contributed by atoms with Crippen molar-refractivity contribution in [2.75, 3.05) is 13.1 Å². The van der Waals surface area contributed by atoms with Gasteiger partial charge in [-0.3, -0.25) is 0 Å². The first-order valence-electron chi connectivity index (χ1n) is 5.03. The van der Waals surface area contributed by atoms with Gasteiger partial charge in [0, 0.05) is 11.9 Å². The summed E-state index contributed by atoms with van der Waals surface area (Å²) in [5.41, 5.74) is 0. The SMILES string of the molecule is CCCCCNCC(Cl)C(C)C. The lowest BCUT2D eigenvalue weighted by Gasteiger charge is -2.13. The van der Waals surface area contributed by atoms with Gasteiger partial charge in [-0.2, -0.15) is 0 Å². The molecule has 0 bridgehead atoms. The molecular weight excluding hydrogens is 170 g/mol. The summed E-state index contributed by atoms with van der Waals surface area (Å²) < 4.78 is 0. The molecular formula is C10H22ClN. The van der Waals surface area contributed by atoms with E-state index in [0.29, 0.717) is 5.92 Å². The van der Waals surface area contributed by atoms with Crippen LogP contribution >= 0.6 is 11.6 Å². The maximum absolute atomic E-state index is 6.07. The Morgan fingerprint density at radius 2 is 1.92 bits per heavy atom. The number of unbranched alkanes of at least 4 members (excludes halogenated alkanes) is 2. The summed E-state index contributed by atoms with van der Waals surface area (Å²) in [6.07, 6.45) is 3.88. The summed E-state index contributed by atoms with van der Waals surface area (Å²) in [6, 6.07) is 0. The second kappa shape index (κ2) is 7.88. The number of hydrogen-bond acceptors (Lipinski definition) is 1. The van der Waals surface area contributed by atoms with Crippen LogP contribution in [0.4, 0.5) is 0 Å². The Kier molecular flexibility index (Phi) is 8.04. The quantitative estimate of drug-likeness (QED) is 0.482. The molecule has 0 spiro atoms. The van der Waals surface area contributed by atoms with Gasteiger partial charge in [-0.25, -0.2) is 0 Å². The lowest BCUT2D eigenvalue weighted by atomic mass is 10.1. The van der Waals surface area contributed by atoms with Gasteiger partial charge in [0.05, 0.1) is 0 Å². The zero-order chi connectivity index (χ0) is 9.40. The van der Waals surface area contributed by atoms with Crippen LogP contribution in [0.2, 0.25) is 0 Å². The first-order chi connectivity index (χ1) is 5.68. The highest BCUT2D eigenvalue weighted by atomic mass is 35.5. The molecule has 1 atom stereocenters. The minimum atomic E-state index is 0.284. The second-order valence-corrected chi connectivity index (χ2v) is 4.23. The van der Waals surface area contributed by atoms with Crippen LogP contribution in [-0.4, -0.2) is 18.5 Å². The van der Waals surface area contributed by atoms with E-state index in [1.807, 2.05) is 0 Å². The van der Waals surface area contributed by atoms with Gasteiger partial charge in [0.1, 0.15) is 0 Å². The molecule has 1 nitrogen and oxygen atoms in total. The molecule has 0 heterocycles. The van der Waals surface area contributed by atoms with Crippen molar-refractivity contribution in [3.05, 3.63) is 0 Å². The topological polar surface area (TPSA) is 12.0 Å². The lowest BCUT2D eigenvalue weighted by Crippen LogP contribution is -2.27. The number of hydrogen-bond donors (Lipinski definition) is 1. The molecule has 0 aliphatic carbocycles. The first kappa shape index (κ1) is 12.2. The number of nitrogens with one attached hydrogen (secondary N) is 1. The molecule has 0 rings (SSSR count). The monoisotopic (exact) mass is 191 g/mol. The van der Waals surface area contributed by atoms with E-state index in [-0.39, 0.29) is 5.38 Å². The Balaban J connectivity index is 3.08. The second-order valence-electron chi connectivity index (χ2n) is 3.67. The van der Waals surface area contributed by atoms with Gasteiger partial charge in [-0.15, -0.1) is 11.6 Å². The number of halogens is 1.